The minimum atomic E-state index is -0.383. The van der Waals surface area contributed by atoms with Crippen LogP contribution in [0.1, 0.15) is 23.6 Å². The van der Waals surface area contributed by atoms with Crippen LogP contribution >= 0.6 is 0 Å². The SMILES string of the molecule is COC(=O)Cc1ccc(OCC(=O)NC(Cc2c[nH]c3ccccc23)CN(Cc2ccccc2OC)C(C)=O)cc1. The molecule has 41 heavy (non-hydrogen) atoms. The first-order chi connectivity index (χ1) is 19.9. The normalized spacial score (nSPS) is 11.5. The van der Waals surface area contributed by atoms with Gasteiger partial charge in [-0.3, -0.25) is 14.4 Å². The summed E-state index contributed by atoms with van der Waals surface area (Å²) in [7, 11) is 2.95. The number of para-hydroxylation sites is 2. The maximum atomic E-state index is 13.1. The highest BCUT2D eigenvalue weighted by Crippen LogP contribution is 2.22. The summed E-state index contributed by atoms with van der Waals surface area (Å²) in [6, 6.07) is 22.1. The van der Waals surface area contributed by atoms with Gasteiger partial charge in [0.25, 0.3) is 5.91 Å². The fourth-order valence-electron chi connectivity index (χ4n) is 4.70. The molecule has 0 bridgehead atoms. The summed E-state index contributed by atoms with van der Waals surface area (Å²) in [4.78, 5) is 42.2. The van der Waals surface area contributed by atoms with Crippen molar-refractivity contribution in [1.82, 2.24) is 15.2 Å². The number of esters is 1. The highest BCUT2D eigenvalue weighted by Gasteiger charge is 2.22. The highest BCUT2D eigenvalue weighted by molar-refractivity contribution is 5.83. The predicted octanol–water partition coefficient (Wildman–Crippen LogP) is 4.05. The largest absolute Gasteiger partial charge is 0.496 e. The van der Waals surface area contributed by atoms with E-state index in [0.29, 0.717) is 31.0 Å². The standard InChI is InChI=1S/C32H35N3O6/c1-22(36)35(19-24-8-4-7-11-30(24)39-2)20-26(17-25-18-33-29-10-6-5-9-28(25)29)34-31(37)21-41-27-14-12-23(13-15-27)16-32(38)40-3/h4-15,18,26,33H,16-17,19-21H2,1-3H3,(H,34,37). The van der Waals surface area contributed by atoms with Gasteiger partial charge in [-0.05, 0) is 41.8 Å². The molecular weight excluding hydrogens is 522 g/mol. The van der Waals surface area contributed by atoms with Crippen molar-refractivity contribution in [1.29, 1.82) is 0 Å². The third-order valence-corrected chi connectivity index (χ3v) is 6.82. The molecule has 0 saturated heterocycles. The lowest BCUT2D eigenvalue weighted by atomic mass is 10.0. The van der Waals surface area contributed by atoms with Crippen LogP contribution in [0.4, 0.5) is 0 Å². The Labute approximate surface area is 239 Å². The monoisotopic (exact) mass is 557 g/mol. The van der Waals surface area contributed by atoms with E-state index in [1.54, 1.807) is 36.3 Å². The smallest absolute Gasteiger partial charge is 0.309 e. The summed E-state index contributed by atoms with van der Waals surface area (Å²) in [5.74, 6) is 0.446. The summed E-state index contributed by atoms with van der Waals surface area (Å²) in [5.41, 5.74) is 3.70. The van der Waals surface area contributed by atoms with Gasteiger partial charge in [-0.1, -0.05) is 48.5 Å². The van der Waals surface area contributed by atoms with E-state index in [-0.39, 0.29) is 36.9 Å². The second-order valence-electron chi connectivity index (χ2n) is 9.72. The van der Waals surface area contributed by atoms with E-state index < -0.39 is 0 Å². The van der Waals surface area contributed by atoms with Crippen LogP contribution in [0.2, 0.25) is 0 Å². The number of nitrogens with one attached hydrogen (secondary N) is 2. The second kappa shape index (κ2) is 14.0. The number of hydrogen-bond acceptors (Lipinski definition) is 6. The Bertz CT molecular complexity index is 1480. The molecule has 0 spiro atoms. The van der Waals surface area contributed by atoms with Crippen LogP contribution in [-0.2, 0) is 38.5 Å². The molecule has 0 aliphatic heterocycles. The molecule has 1 aromatic heterocycles. The number of amides is 2. The van der Waals surface area contributed by atoms with Crippen molar-refractivity contribution in [3.63, 3.8) is 0 Å². The van der Waals surface area contributed by atoms with Gasteiger partial charge in [-0.15, -0.1) is 0 Å². The number of benzene rings is 3. The van der Waals surface area contributed by atoms with Crippen LogP contribution in [0.3, 0.4) is 0 Å². The van der Waals surface area contributed by atoms with Crippen LogP contribution in [0.5, 0.6) is 11.5 Å². The predicted molar refractivity (Wildman–Crippen MR) is 156 cm³/mol. The lowest BCUT2D eigenvalue weighted by Crippen LogP contribution is -2.47. The zero-order valence-corrected chi connectivity index (χ0v) is 23.5. The number of ether oxygens (including phenoxy) is 3. The van der Waals surface area contributed by atoms with E-state index >= 15 is 0 Å². The summed E-state index contributed by atoms with van der Waals surface area (Å²) < 4.78 is 15.9. The number of fused-ring (bicyclic) bond motifs is 1. The zero-order chi connectivity index (χ0) is 29.2. The number of aromatic amines is 1. The van der Waals surface area contributed by atoms with Gasteiger partial charge in [0.05, 0.1) is 26.7 Å². The van der Waals surface area contributed by atoms with Gasteiger partial charge in [-0.2, -0.15) is 0 Å². The fourth-order valence-corrected chi connectivity index (χ4v) is 4.70. The van der Waals surface area contributed by atoms with Gasteiger partial charge < -0.3 is 29.4 Å². The maximum Gasteiger partial charge on any atom is 0.309 e. The number of methoxy groups -OCH3 is 2. The van der Waals surface area contributed by atoms with Crippen molar-refractivity contribution < 1.29 is 28.6 Å². The van der Waals surface area contributed by atoms with Gasteiger partial charge in [-0.25, -0.2) is 0 Å². The second-order valence-corrected chi connectivity index (χ2v) is 9.72. The Morgan fingerprint density at radius 2 is 1.66 bits per heavy atom. The van der Waals surface area contributed by atoms with E-state index in [9.17, 15) is 14.4 Å². The highest BCUT2D eigenvalue weighted by atomic mass is 16.5. The van der Waals surface area contributed by atoms with E-state index in [0.717, 1.165) is 27.6 Å². The Hall–Kier alpha value is -4.79. The third kappa shape index (κ3) is 8.11. The number of carbonyl (C=O) groups excluding carboxylic acids is 3. The van der Waals surface area contributed by atoms with Gasteiger partial charge >= 0.3 is 5.97 Å². The molecule has 0 aliphatic rings. The molecule has 0 aliphatic carbocycles. The Kier molecular flexibility index (Phi) is 9.99. The van der Waals surface area contributed by atoms with Crippen LogP contribution in [0, 0.1) is 0 Å². The quantitative estimate of drug-likeness (QED) is 0.240. The molecule has 1 unspecified atom stereocenters. The molecule has 0 fully saturated rings. The van der Waals surface area contributed by atoms with Crippen molar-refractivity contribution >= 4 is 28.7 Å². The molecule has 2 N–H and O–H groups in total. The van der Waals surface area contributed by atoms with Crippen molar-refractivity contribution in [2.75, 3.05) is 27.4 Å². The lowest BCUT2D eigenvalue weighted by Gasteiger charge is -2.28. The van der Waals surface area contributed by atoms with Gasteiger partial charge in [0.2, 0.25) is 5.91 Å². The van der Waals surface area contributed by atoms with Crippen molar-refractivity contribution in [2.24, 2.45) is 0 Å². The molecule has 214 valence electrons. The Balaban J connectivity index is 1.47. The number of H-pyrrole nitrogens is 1. The third-order valence-electron chi connectivity index (χ3n) is 6.82. The summed E-state index contributed by atoms with van der Waals surface area (Å²) in [6.07, 6.45) is 2.61. The molecule has 9 nitrogen and oxygen atoms in total. The molecule has 3 aromatic carbocycles. The van der Waals surface area contributed by atoms with Crippen molar-refractivity contribution in [3.8, 4) is 11.5 Å². The lowest BCUT2D eigenvalue weighted by molar-refractivity contribution is -0.139. The maximum absolute atomic E-state index is 13.1. The molecule has 4 rings (SSSR count). The topological polar surface area (TPSA) is 110 Å². The molecule has 0 radical (unpaired) electrons. The van der Waals surface area contributed by atoms with Crippen LogP contribution < -0.4 is 14.8 Å². The van der Waals surface area contributed by atoms with Crippen LogP contribution in [-0.4, -0.2) is 61.1 Å². The van der Waals surface area contributed by atoms with Crippen molar-refractivity contribution in [3.05, 3.63) is 95.7 Å². The Morgan fingerprint density at radius 3 is 2.39 bits per heavy atom. The van der Waals surface area contributed by atoms with Gasteiger partial charge in [0.15, 0.2) is 6.61 Å². The van der Waals surface area contributed by atoms with E-state index in [2.05, 4.69) is 10.3 Å². The average Bonchev–Trinajstić information content (AvgIpc) is 3.39. The minimum absolute atomic E-state index is 0.114. The number of nitrogens with zero attached hydrogens (tertiary/aromatic N) is 1. The van der Waals surface area contributed by atoms with Crippen molar-refractivity contribution in [2.45, 2.75) is 32.4 Å². The molecule has 1 heterocycles. The average molecular weight is 558 g/mol. The fraction of sp³-hybridized carbons (Fsp3) is 0.281. The first kappa shape index (κ1) is 29.2. The summed E-state index contributed by atoms with van der Waals surface area (Å²) >= 11 is 0. The number of carbonyl (C=O) groups is 3. The van der Waals surface area contributed by atoms with Gasteiger partial charge in [0.1, 0.15) is 11.5 Å². The molecule has 1 atom stereocenters. The summed E-state index contributed by atoms with van der Waals surface area (Å²) in [5, 5.41) is 4.13. The Morgan fingerprint density at radius 1 is 0.927 bits per heavy atom. The molecule has 0 saturated carbocycles. The number of rotatable bonds is 13. The minimum Gasteiger partial charge on any atom is -0.496 e. The molecule has 2 amide bonds. The molecule has 4 aromatic rings. The first-order valence-corrected chi connectivity index (χ1v) is 13.4. The van der Waals surface area contributed by atoms with Crippen LogP contribution in [0.25, 0.3) is 10.9 Å². The zero-order valence-electron chi connectivity index (χ0n) is 23.5. The van der Waals surface area contributed by atoms with Gasteiger partial charge in [0, 0.05) is 42.7 Å². The van der Waals surface area contributed by atoms with E-state index in [1.807, 2.05) is 54.7 Å². The molecular formula is C32H35N3O6. The van der Waals surface area contributed by atoms with E-state index in [4.69, 9.17) is 14.2 Å². The van der Waals surface area contributed by atoms with Crippen LogP contribution in [0.15, 0.2) is 79.0 Å². The summed E-state index contributed by atoms with van der Waals surface area (Å²) in [6.45, 7) is 1.95. The number of hydrogen-bond donors (Lipinski definition) is 2. The number of aromatic nitrogens is 1. The van der Waals surface area contributed by atoms with E-state index in [1.165, 1.54) is 14.0 Å². The molecule has 9 heteroatoms. The first-order valence-electron chi connectivity index (χ1n) is 13.4.